The summed E-state index contributed by atoms with van der Waals surface area (Å²) in [5.41, 5.74) is 2.20. The molecule has 0 radical (unpaired) electrons. The maximum absolute atomic E-state index is 13.3. The van der Waals surface area contributed by atoms with Gasteiger partial charge in [-0.1, -0.05) is 11.6 Å². The van der Waals surface area contributed by atoms with Crippen LogP contribution in [0.5, 0.6) is 5.75 Å². The normalized spacial score (nSPS) is 16.6. The lowest BCUT2D eigenvalue weighted by Gasteiger charge is -2.28. The largest absolute Gasteiger partial charge is 0.483 e. The highest BCUT2D eigenvalue weighted by atomic mass is 35.5. The van der Waals surface area contributed by atoms with Gasteiger partial charge in [-0.2, -0.15) is 0 Å². The molecule has 0 spiro atoms. The number of ether oxygens (including phenoxy) is 3. The number of methoxy groups -OCH3 is 1. The SMILES string of the molecule is COC(=O)c1ccc2nc(CN3CCCC3)n(CC3CCO3)c2c1.O=c1ccnc(COc2ccc(Cl)cc2F)[nH]1. The number of halogens is 2. The number of fused-ring (bicyclic) bond motifs is 1. The monoisotopic (exact) mass is 583 g/mol. The molecule has 2 aromatic heterocycles. The molecule has 2 saturated heterocycles. The van der Waals surface area contributed by atoms with Crippen molar-refractivity contribution >= 4 is 28.6 Å². The van der Waals surface area contributed by atoms with Gasteiger partial charge in [0.1, 0.15) is 18.3 Å². The van der Waals surface area contributed by atoms with Crippen LogP contribution in [0, 0.1) is 5.82 Å². The Balaban J connectivity index is 0.000000175. The van der Waals surface area contributed by atoms with Gasteiger partial charge in [0.05, 0.1) is 42.9 Å². The van der Waals surface area contributed by atoms with E-state index >= 15 is 0 Å². The second kappa shape index (κ2) is 13.2. The van der Waals surface area contributed by atoms with Gasteiger partial charge in [0.25, 0.3) is 5.56 Å². The van der Waals surface area contributed by atoms with Crippen LogP contribution in [0.2, 0.25) is 5.02 Å². The van der Waals surface area contributed by atoms with E-state index in [-0.39, 0.29) is 30.0 Å². The molecule has 1 N–H and O–H groups in total. The molecule has 0 saturated carbocycles. The Morgan fingerprint density at radius 2 is 2.00 bits per heavy atom. The summed E-state index contributed by atoms with van der Waals surface area (Å²) in [5.74, 6) is 0.568. The van der Waals surface area contributed by atoms with Gasteiger partial charge in [0.2, 0.25) is 0 Å². The second-order valence-electron chi connectivity index (χ2n) is 9.84. The van der Waals surface area contributed by atoms with Gasteiger partial charge in [-0.15, -0.1) is 0 Å². The van der Waals surface area contributed by atoms with E-state index < -0.39 is 5.82 Å². The Morgan fingerprint density at radius 3 is 2.68 bits per heavy atom. The van der Waals surface area contributed by atoms with Crippen LogP contribution in [0.25, 0.3) is 11.0 Å². The predicted octanol–water partition coefficient (Wildman–Crippen LogP) is 4.35. The third kappa shape index (κ3) is 7.29. The van der Waals surface area contributed by atoms with Crippen molar-refractivity contribution in [1.29, 1.82) is 0 Å². The summed E-state index contributed by atoms with van der Waals surface area (Å²) >= 11 is 5.60. The summed E-state index contributed by atoms with van der Waals surface area (Å²) in [6.07, 6.45) is 5.22. The molecule has 4 heterocycles. The quantitative estimate of drug-likeness (QED) is 0.305. The minimum Gasteiger partial charge on any atom is -0.483 e. The van der Waals surface area contributed by atoms with Crippen molar-refractivity contribution in [3.8, 4) is 5.75 Å². The van der Waals surface area contributed by atoms with Crippen molar-refractivity contribution < 1.29 is 23.4 Å². The van der Waals surface area contributed by atoms with Gasteiger partial charge in [-0.3, -0.25) is 9.69 Å². The number of likely N-dealkylation sites (tertiary alicyclic amines) is 1. The second-order valence-corrected chi connectivity index (χ2v) is 10.3. The van der Waals surface area contributed by atoms with E-state index in [1.807, 2.05) is 12.1 Å². The van der Waals surface area contributed by atoms with Crippen molar-refractivity contribution in [2.75, 3.05) is 26.8 Å². The lowest BCUT2D eigenvalue weighted by atomic mass is 10.1. The van der Waals surface area contributed by atoms with Gasteiger partial charge < -0.3 is 23.8 Å². The molecule has 2 aromatic carbocycles. The van der Waals surface area contributed by atoms with E-state index in [0.717, 1.165) is 62.1 Å². The van der Waals surface area contributed by atoms with E-state index in [2.05, 4.69) is 19.4 Å². The Labute approximate surface area is 241 Å². The smallest absolute Gasteiger partial charge is 0.337 e. The number of benzene rings is 2. The van der Waals surface area contributed by atoms with Crippen molar-refractivity contribution in [2.24, 2.45) is 0 Å². The van der Waals surface area contributed by atoms with Crippen molar-refractivity contribution in [3.05, 3.63) is 87.1 Å². The fourth-order valence-electron chi connectivity index (χ4n) is 4.74. The molecule has 1 atom stereocenters. The van der Waals surface area contributed by atoms with Crippen molar-refractivity contribution in [3.63, 3.8) is 0 Å². The highest BCUT2D eigenvalue weighted by Gasteiger charge is 2.24. The minimum absolute atomic E-state index is 0.0192. The minimum atomic E-state index is -0.559. The summed E-state index contributed by atoms with van der Waals surface area (Å²) in [6, 6.07) is 10.9. The number of hydrogen-bond acceptors (Lipinski definition) is 8. The molecule has 0 aliphatic carbocycles. The van der Waals surface area contributed by atoms with Crippen LogP contribution in [-0.2, 0) is 29.2 Å². The lowest BCUT2D eigenvalue weighted by Crippen LogP contribution is -2.32. The molecule has 4 aromatic rings. The third-order valence-electron chi connectivity index (χ3n) is 6.97. The number of aromatic nitrogens is 4. The number of esters is 1. The van der Waals surface area contributed by atoms with Gasteiger partial charge in [0.15, 0.2) is 11.6 Å². The van der Waals surface area contributed by atoms with Crippen LogP contribution < -0.4 is 10.3 Å². The predicted molar refractivity (Wildman–Crippen MR) is 151 cm³/mol. The first-order valence-electron chi connectivity index (χ1n) is 13.4. The Hall–Kier alpha value is -3.80. The van der Waals surface area contributed by atoms with Crippen LogP contribution in [0.15, 0.2) is 53.5 Å². The zero-order valence-electron chi connectivity index (χ0n) is 22.6. The molecule has 6 rings (SSSR count). The number of rotatable bonds is 8. The number of nitrogens with one attached hydrogen (secondary N) is 1. The van der Waals surface area contributed by atoms with Crippen LogP contribution in [0.4, 0.5) is 4.39 Å². The average Bonchev–Trinajstić information content (AvgIpc) is 3.57. The molecule has 12 heteroatoms. The zero-order valence-corrected chi connectivity index (χ0v) is 23.4. The Bertz CT molecular complexity index is 1560. The molecule has 0 amide bonds. The van der Waals surface area contributed by atoms with Crippen LogP contribution >= 0.6 is 11.6 Å². The Morgan fingerprint density at radius 1 is 1.20 bits per heavy atom. The Kier molecular flexibility index (Phi) is 9.28. The van der Waals surface area contributed by atoms with Crippen LogP contribution in [-0.4, -0.2) is 63.3 Å². The average molecular weight is 584 g/mol. The molecular formula is C29H31ClFN5O5. The van der Waals surface area contributed by atoms with Gasteiger partial charge in [-0.05, 0) is 68.8 Å². The molecule has 2 fully saturated rings. The summed E-state index contributed by atoms with van der Waals surface area (Å²) < 4.78 is 31.2. The molecule has 2 aliphatic heterocycles. The molecule has 2 aliphatic rings. The summed E-state index contributed by atoms with van der Waals surface area (Å²) in [4.78, 5) is 36.4. The van der Waals surface area contributed by atoms with Crippen LogP contribution in [0.1, 0.15) is 41.3 Å². The number of carbonyl (C=O) groups is 1. The van der Waals surface area contributed by atoms with E-state index in [4.69, 9.17) is 30.8 Å². The van der Waals surface area contributed by atoms with Crippen molar-refractivity contribution in [1.82, 2.24) is 24.4 Å². The summed E-state index contributed by atoms with van der Waals surface area (Å²) in [5, 5.41) is 0.293. The summed E-state index contributed by atoms with van der Waals surface area (Å²) in [7, 11) is 1.41. The van der Waals surface area contributed by atoms with Crippen molar-refractivity contribution in [2.45, 2.75) is 45.1 Å². The number of aromatic amines is 1. The van der Waals surface area contributed by atoms with E-state index in [1.165, 1.54) is 44.3 Å². The first-order valence-corrected chi connectivity index (χ1v) is 13.8. The molecule has 10 nitrogen and oxygen atoms in total. The first kappa shape index (κ1) is 28.7. The highest BCUT2D eigenvalue weighted by molar-refractivity contribution is 6.30. The van der Waals surface area contributed by atoms with E-state index in [0.29, 0.717) is 16.4 Å². The number of carbonyl (C=O) groups excluding carboxylic acids is 1. The number of H-pyrrole nitrogens is 1. The van der Waals surface area contributed by atoms with E-state index in [1.54, 1.807) is 6.07 Å². The molecule has 41 heavy (non-hydrogen) atoms. The maximum Gasteiger partial charge on any atom is 0.337 e. The number of nitrogens with zero attached hydrogens (tertiary/aromatic N) is 4. The fourth-order valence-corrected chi connectivity index (χ4v) is 4.90. The van der Waals surface area contributed by atoms with Gasteiger partial charge in [-0.25, -0.2) is 19.2 Å². The van der Waals surface area contributed by atoms with Crippen LogP contribution in [0.3, 0.4) is 0 Å². The molecule has 0 bridgehead atoms. The lowest BCUT2D eigenvalue weighted by molar-refractivity contribution is -0.0591. The summed E-state index contributed by atoms with van der Waals surface area (Å²) in [6.45, 7) is 4.74. The third-order valence-corrected chi connectivity index (χ3v) is 7.21. The van der Waals surface area contributed by atoms with E-state index in [9.17, 15) is 14.0 Å². The van der Waals surface area contributed by atoms with Gasteiger partial charge >= 0.3 is 5.97 Å². The zero-order chi connectivity index (χ0) is 28.8. The van der Waals surface area contributed by atoms with Gasteiger partial charge in [0, 0.05) is 23.9 Å². The topological polar surface area (TPSA) is 112 Å². The molecule has 216 valence electrons. The fraction of sp³-hybridized carbons (Fsp3) is 0.379. The number of imidazole rings is 1. The number of hydrogen-bond donors (Lipinski definition) is 1. The first-order chi connectivity index (χ1) is 19.9. The maximum atomic E-state index is 13.3. The highest BCUT2D eigenvalue weighted by Crippen LogP contribution is 2.24. The molecular weight excluding hydrogens is 553 g/mol. The standard InChI is InChI=1S/C18H23N3O3.C11H8ClFN2O2/c1-23-18(22)13-4-5-15-16(10-13)21(11-14-6-9-24-14)17(19-15)12-20-7-2-3-8-20;12-7-1-2-9(8(13)5-7)17-6-10-14-4-3-11(16)15-10/h4-5,10,14H,2-3,6-9,11-12H2,1H3;1-5H,6H2,(H,14,15,16). The molecule has 1 unspecified atom stereocenters.